The molecule has 37 heavy (non-hydrogen) atoms. The molecule has 3 N–H and O–H groups in total. The Labute approximate surface area is 216 Å². The maximum atomic E-state index is 13.0. The maximum Gasteiger partial charge on any atom is 0.433 e. The molecule has 0 unspecified atom stereocenters. The number of thiazole rings is 1. The van der Waals surface area contributed by atoms with Gasteiger partial charge in [-0.15, -0.1) is 11.3 Å². The number of carbonyl (C=O) groups is 1. The highest BCUT2D eigenvalue weighted by Crippen LogP contribution is 2.45. The van der Waals surface area contributed by atoms with Crippen LogP contribution >= 0.6 is 11.3 Å². The molecule has 2 aromatic heterocycles. The van der Waals surface area contributed by atoms with E-state index in [1.165, 1.54) is 11.3 Å². The van der Waals surface area contributed by atoms with E-state index in [1.807, 2.05) is 13.0 Å². The number of nitrogens with one attached hydrogen (secondary N) is 1. The molecule has 0 aliphatic heterocycles. The second-order valence-electron chi connectivity index (χ2n) is 10.4. The molecule has 1 aromatic carbocycles. The van der Waals surface area contributed by atoms with E-state index < -0.39 is 28.9 Å². The minimum absolute atomic E-state index is 0.159. The lowest BCUT2D eigenvalue weighted by Gasteiger charge is -2.36. The lowest BCUT2D eigenvalue weighted by Crippen LogP contribution is -2.34. The molecule has 4 rings (SSSR count). The van der Waals surface area contributed by atoms with E-state index >= 15 is 0 Å². The van der Waals surface area contributed by atoms with Crippen LogP contribution in [0, 0.1) is 18.3 Å². The van der Waals surface area contributed by atoms with Crippen molar-refractivity contribution in [3.8, 4) is 10.4 Å². The van der Waals surface area contributed by atoms with Crippen LogP contribution in [0.15, 0.2) is 36.7 Å². The van der Waals surface area contributed by atoms with Crippen LogP contribution in [0.3, 0.4) is 0 Å². The third-order valence-electron chi connectivity index (χ3n) is 6.78. The van der Waals surface area contributed by atoms with Gasteiger partial charge in [0.2, 0.25) is 5.95 Å². The van der Waals surface area contributed by atoms with Crippen LogP contribution in [0.25, 0.3) is 10.4 Å². The molecule has 1 fully saturated rings. The standard InChI is InChI=1S/C26H29F3N4O3S/c1-15-10-17(12-18(11-15)32-23-30-9-6-20(33-23)26(27,28)29)19-14-31-21(37-19)25(36)7-4-16(5-8-25)13-24(2,3)22(34)35/h6,9-12,14,16,36H,4-5,7-8,13H2,1-3H3,(H,34,35)(H,30,32,33). The topological polar surface area (TPSA) is 108 Å². The number of rotatable bonds is 7. The lowest BCUT2D eigenvalue weighted by molar-refractivity contribution is -0.148. The van der Waals surface area contributed by atoms with Gasteiger partial charge in [-0.1, -0.05) is 6.07 Å². The number of halogens is 3. The van der Waals surface area contributed by atoms with E-state index in [1.54, 1.807) is 32.2 Å². The van der Waals surface area contributed by atoms with Crippen molar-refractivity contribution in [3.05, 3.63) is 52.9 Å². The molecule has 0 bridgehead atoms. The van der Waals surface area contributed by atoms with E-state index in [4.69, 9.17) is 0 Å². The van der Waals surface area contributed by atoms with Gasteiger partial charge in [0.1, 0.15) is 16.3 Å². The first-order valence-corrected chi connectivity index (χ1v) is 12.8. The molecule has 3 aromatic rings. The fraction of sp³-hybridized carbons (Fsp3) is 0.462. The van der Waals surface area contributed by atoms with Crippen LogP contribution in [0.4, 0.5) is 24.8 Å². The number of alkyl halides is 3. The number of carboxylic acid groups (broad SMARTS) is 1. The number of carboxylic acids is 1. The second-order valence-corrected chi connectivity index (χ2v) is 11.4. The molecule has 0 saturated heterocycles. The summed E-state index contributed by atoms with van der Waals surface area (Å²) in [5, 5.41) is 24.2. The summed E-state index contributed by atoms with van der Waals surface area (Å²) in [5.74, 6) is -0.743. The number of aromatic nitrogens is 3. The van der Waals surface area contributed by atoms with Gasteiger partial charge in [0.05, 0.1) is 10.3 Å². The van der Waals surface area contributed by atoms with Crippen molar-refractivity contribution >= 4 is 28.9 Å². The molecule has 0 radical (unpaired) electrons. The highest BCUT2D eigenvalue weighted by Gasteiger charge is 2.40. The number of aliphatic hydroxyl groups is 1. The van der Waals surface area contributed by atoms with Gasteiger partial charge in [0.15, 0.2) is 0 Å². The fourth-order valence-electron chi connectivity index (χ4n) is 4.71. The van der Waals surface area contributed by atoms with E-state index in [0.717, 1.165) is 41.1 Å². The number of aliphatic carboxylic acids is 1. The average molecular weight is 535 g/mol. The number of hydrogen-bond acceptors (Lipinski definition) is 7. The summed E-state index contributed by atoms with van der Waals surface area (Å²) < 4.78 is 39.0. The van der Waals surface area contributed by atoms with Gasteiger partial charge in [0.25, 0.3) is 0 Å². The predicted octanol–water partition coefficient (Wildman–Crippen LogP) is 6.55. The molecule has 2 heterocycles. The monoisotopic (exact) mass is 534 g/mol. The Morgan fingerprint density at radius 1 is 1.19 bits per heavy atom. The average Bonchev–Trinajstić information content (AvgIpc) is 3.31. The van der Waals surface area contributed by atoms with Crippen molar-refractivity contribution < 1.29 is 28.2 Å². The molecule has 1 aliphatic rings. The molecule has 0 spiro atoms. The van der Waals surface area contributed by atoms with Crippen molar-refractivity contribution in [2.75, 3.05) is 5.32 Å². The zero-order chi connectivity index (χ0) is 27.0. The zero-order valence-corrected chi connectivity index (χ0v) is 21.6. The van der Waals surface area contributed by atoms with Crippen molar-refractivity contribution in [1.82, 2.24) is 15.0 Å². The zero-order valence-electron chi connectivity index (χ0n) is 20.8. The molecular weight excluding hydrogens is 505 g/mol. The van der Waals surface area contributed by atoms with Gasteiger partial charge in [-0.05, 0) is 88.1 Å². The molecule has 0 amide bonds. The van der Waals surface area contributed by atoms with Crippen molar-refractivity contribution in [2.45, 2.75) is 64.7 Å². The third kappa shape index (κ3) is 6.27. The van der Waals surface area contributed by atoms with Crippen molar-refractivity contribution in [2.24, 2.45) is 11.3 Å². The normalized spacial score (nSPS) is 20.6. The Morgan fingerprint density at radius 2 is 1.89 bits per heavy atom. The number of anilines is 2. The van der Waals surface area contributed by atoms with Gasteiger partial charge >= 0.3 is 12.1 Å². The maximum absolute atomic E-state index is 13.0. The Bertz CT molecular complexity index is 1280. The molecular formula is C26H29F3N4O3S. The van der Waals surface area contributed by atoms with E-state index in [0.29, 0.717) is 30.0 Å². The third-order valence-corrected chi connectivity index (χ3v) is 8.02. The van der Waals surface area contributed by atoms with E-state index in [9.17, 15) is 28.2 Å². The van der Waals surface area contributed by atoms with Gasteiger partial charge in [-0.25, -0.2) is 15.0 Å². The summed E-state index contributed by atoms with van der Waals surface area (Å²) in [6.45, 7) is 5.33. The highest BCUT2D eigenvalue weighted by atomic mass is 32.1. The number of nitrogens with zero attached hydrogens (tertiary/aromatic N) is 3. The molecule has 7 nitrogen and oxygen atoms in total. The molecule has 1 aliphatic carbocycles. The van der Waals surface area contributed by atoms with Crippen molar-refractivity contribution in [1.29, 1.82) is 0 Å². The minimum atomic E-state index is -4.57. The van der Waals surface area contributed by atoms with Gasteiger partial charge in [0, 0.05) is 18.1 Å². The lowest BCUT2D eigenvalue weighted by atomic mass is 9.72. The van der Waals surface area contributed by atoms with E-state index in [-0.39, 0.29) is 11.9 Å². The van der Waals surface area contributed by atoms with Crippen LogP contribution in [0.5, 0.6) is 0 Å². The number of aryl methyl sites for hydroxylation is 1. The summed E-state index contributed by atoms with van der Waals surface area (Å²) in [6, 6.07) is 6.31. The van der Waals surface area contributed by atoms with Crippen molar-refractivity contribution in [3.63, 3.8) is 0 Å². The largest absolute Gasteiger partial charge is 0.481 e. The SMILES string of the molecule is Cc1cc(Nc2nccc(C(F)(F)F)n2)cc(-c2cnc(C3(O)CCC(CC(C)(C)C(=O)O)CC3)s2)c1. The van der Waals surface area contributed by atoms with Gasteiger partial charge in [-0.3, -0.25) is 4.79 Å². The summed E-state index contributed by atoms with van der Waals surface area (Å²) in [7, 11) is 0. The molecule has 1 saturated carbocycles. The molecule has 0 atom stereocenters. The molecule has 11 heteroatoms. The van der Waals surface area contributed by atoms with Crippen LogP contribution in [-0.4, -0.2) is 31.1 Å². The van der Waals surface area contributed by atoms with Gasteiger partial charge in [-0.2, -0.15) is 13.2 Å². The predicted molar refractivity (Wildman–Crippen MR) is 134 cm³/mol. The summed E-state index contributed by atoms with van der Waals surface area (Å²) in [4.78, 5) is 24.2. The first kappa shape index (κ1) is 27.0. The summed E-state index contributed by atoms with van der Waals surface area (Å²) >= 11 is 1.38. The Hall–Kier alpha value is -3.05. The minimum Gasteiger partial charge on any atom is -0.481 e. The van der Waals surface area contributed by atoms with Crippen LogP contribution in [0.2, 0.25) is 0 Å². The van der Waals surface area contributed by atoms with Gasteiger partial charge < -0.3 is 15.5 Å². The molecule has 198 valence electrons. The van der Waals surface area contributed by atoms with Crippen LogP contribution < -0.4 is 5.32 Å². The number of benzene rings is 1. The van der Waals surface area contributed by atoms with Crippen LogP contribution in [0.1, 0.15) is 62.2 Å². The fourth-order valence-corrected chi connectivity index (χ4v) is 5.76. The Morgan fingerprint density at radius 3 is 2.54 bits per heavy atom. The quantitative estimate of drug-likeness (QED) is 0.315. The smallest absolute Gasteiger partial charge is 0.433 e. The Kier molecular flexibility index (Phi) is 7.31. The Balaban J connectivity index is 1.49. The number of hydrogen-bond donors (Lipinski definition) is 3. The first-order chi connectivity index (χ1) is 17.2. The summed E-state index contributed by atoms with van der Waals surface area (Å²) in [6.07, 6.45) is 1.20. The van der Waals surface area contributed by atoms with Crippen LogP contribution in [-0.2, 0) is 16.6 Å². The highest BCUT2D eigenvalue weighted by molar-refractivity contribution is 7.15. The first-order valence-electron chi connectivity index (χ1n) is 12.0. The van der Waals surface area contributed by atoms with E-state index in [2.05, 4.69) is 20.3 Å². The summed E-state index contributed by atoms with van der Waals surface area (Å²) in [5.41, 5.74) is -0.682. The second kappa shape index (κ2) is 10.0.